The van der Waals surface area contributed by atoms with Crippen molar-refractivity contribution in [2.24, 2.45) is 0 Å². The summed E-state index contributed by atoms with van der Waals surface area (Å²) in [5.74, 6) is 1.12. The Morgan fingerprint density at radius 3 is 2.42 bits per heavy atom. The molecule has 19 heavy (non-hydrogen) atoms. The van der Waals surface area contributed by atoms with Crippen LogP contribution >= 0.6 is 15.9 Å². The molecule has 0 atom stereocenters. The molecule has 2 aliphatic rings. The van der Waals surface area contributed by atoms with Crippen LogP contribution in [-0.4, -0.2) is 42.1 Å². The Morgan fingerprint density at radius 2 is 1.74 bits per heavy atom. The van der Waals surface area contributed by atoms with Gasteiger partial charge in [-0.2, -0.15) is 0 Å². The lowest BCUT2D eigenvalue weighted by atomic mass is 10.00. The van der Waals surface area contributed by atoms with Gasteiger partial charge in [0.15, 0.2) is 0 Å². The molecule has 0 N–H and O–H groups in total. The van der Waals surface area contributed by atoms with Crippen LogP contribution in [0.1, 0.15) is 32.1 Å². The molecule has 0 unspecified atom stereocenters. The van der Waals surface area contributed by atoms with Gasteiger partial charge >= 0.3 is 0 Å². The van der Waals surface area contributed by atoms with Crippen LogP contribution in [0.3, 0.4) is 0 Å². The Hall–Kier alpha value is -0.610. The normalized spacial score (nSPS) is 22.7. The first-order valence-electron chi connectivity index (χ1n) is 7.44. The summed E-state index contributed by atoms with van der Waals surface area (Å²) in [4.78, 5) is 9.70. The van der Waals surface area contributed by atoms with Crippen LogP contribution in [-0.2, 0) is 0 Å². The zero-order valence-corrected chi connectivity index (χ0v) is 13.0. The van der Waals surface area contributed by atoms with Crippen LogP contribution in [0.5, 0.6) is 0 Å². The van der Waals surface area contributed by atoms with E-state index in [-0.39, 0.29) is 0 Å². The van der Waals surface area contributed by atoms with E-state index in [1.54, 1.807) is 0 Å². The number of likely N-dealkylation sites (tertiary alicyclic amines) is 1. The van der Waals surface area contributed by atoms with Crippen molar-refractivity contribution in [2.45, 2.75) is 38.1 Å². The van der Waals surface area contributed by atoms with Crippen molar-refractivity contribution < 1.29 is 0 Å². The summed E-state index contributed by atoms with van der Waals surface area (Å²) in [7, 11) is 0. The van der Waals surface area contributed by atoms with Gasteiger partial charge in [0.2, 0.25) is 0 Å². The molecule has 3 heterocycles. The zero-order valence-electron chi connectivity index (χ0n) is 11.4. The predicted molar refractivity (Wildman–Crippen MR) is 82.6 cm³/mol. The molecule has 2 saturated heterocycles. The minimum atomic E-state index is 0.809. The summed E-state index contributed by atoms with van der Waals surface area (Å²) in [5, 5.41) is 0. The third kappa shape index (κ3) is 3.29. The number of hydrogen-bond donors (Lipinski definition) is 0. The summed E-state index contributed by atoms with van der Waals surface area (Å²) < 4.78 is 0.933. The quantitative estimate of drug-likeness (QED) is 0.778. The Morgan fingerprint density at radius 1 is 1.00 bits per heavy atom. The maximum Gasteiger partial charge on any atom is 0.129 e. The lowest BCUT2D eigenvalue weighted by molar-refractivity contribution is 0.141. The number of hydrogen-bond acceptors (Lipinski definition) is 3. The second kappa shape index (κ2) is 6.23. The van der Waals surface area contributed by atoms with Gasteiger partial charge in [-0.1, -0.05) is 12.5 Å². The average Bonchev–Trinajstić information content (AvgIpc) is 2.48. The highest BCUT2D eigenvalue weighted by atomic mass is 79.9. The largest absolute Gasteiger partial charge is 0.356 e. The first kappa shape index (κ1) is 13.4. The molecule has 4 heteroatoms. The molecule has 3 nitrogen and oxygen atoms in total. The molecular formula is C15H22BrN3. The second-order valence-corrected chi connectivity index (χ2v) is 6.45. The summed E-state index contributed by atoms with van der Waals surface area (Å²) in [6, 6.07) is 6.99. The number of piperidine rings is 2. The van der Waals surface area contributed by atoms with E-state index in [0.717, 1.165) is 29.6 Å². The predicted octanol–water partition coefficient (Wildman–Crippen LogP) is 3.30. The third-order valence-corrected chi connectivity index (χ3v) is 4.84. The van der Waals surface area contributed by atoms with Crippen molar-refractivity contribution in [3.8, 4) is 0 Å². The van der Waals surface area contributed by atoms with Crippen LogP contribution < -0.4 is 4.90 Å². The number of pyridine rings is 1. The lowest BCUT2D eigenvalue weighted by Gasteiger charge is -2.40. The van der Waals surface area contributed by atoms with E-state index >= 15 is 0 Å². The summed E-state index contributed by atoms with van der Waals surface area (Å²) >= 11 is 3.46. The Balaban J connectivity index is 1.57. The summed E-state index contributed by atoms with van der Waals surface area (Å²) in [6.45, 7) is 4.93. The molecule has 1 aromatic rings. The fourth-order valence-corrected chi connectivity index (χ4v) is 3.65. The van der Waals surface area contributed by atoms with Gasteiger partial charge in [0, 0.05) is 19.1 Å². The smallest absolute Gasteiger partial charge is 0.129 e. The molecule has 0 radical (unpaired) electrons. The Labute approximate surface area is 124 Å². The van der Waals surface area contributed by atoms with Gasteiger partial charge in [-0.3, -0.25) is 0 Å². The van der Waals surface area contributed by atoms with Crippen molar-refractivity contribution in [1.29, 1.82) is 0 Å². The molecule has 0 aliphatic carbocycles. The van der Waals surface area contributed by atoms with Gasteiger partial charge in [0.25, 0.3) is 0 Å². The molecule has 3 rings (SSSR count). The molecule has 1 aromatic heterocycles. The average molecular weight is 324 g/mol. The van der Waals surface area contributed by atoms with Crippen LogP contribution in [0.2, 0.25) is 0 Å². The first-order chi connectivity index (χ1) is 9.33. The van der Waals surface area contributed by atoms with E-state index in [1.165, 1.54) is 45.2 Å². The SMILES string of the molecule is Brc1cccc(N2CCC(N3CCCCC3)CC2)n1. The van der Waals surface area contributed by atoms with Gasteiger partial charge in [0.1, 0.15) is 10.4 Å². The summed E-state index contributed by atoms with van der Waals surface area (Å²) in [5.41, 5.74) is 0. The topological polar surface area (TPSA) is 19.4 Å². The number of nitrogens with zero attached hydrogens (tertiary/aromatic N) is 3. The Kier molecular flexibility index (Phi) is 4.38. The zero-order chi connectivity index (χ0) is 13.1. The number of halogens is 1. The van der Waals surface area contributed by atoms with Crippen molar-refractivity contribution in [3.63, 3.8) is 0 Å². The molecule has 0 amide bonds. The fraction of sp³-hybridized carbons (Fsp3) is 0.667. The van der Waals surface area contributed by atoms with E-state index in [9.17, 15) is 0 Å². The molecule has 104 valence electrons. The molecule has 0 saturated carbocycles. The molecule has 0 bridgehead atoms. The van der Waals surface area contributed by atoms with Gasteiger partial charge in [-0.25, -0.2) is 4.98 Å². The van der Waals surface area contributed by atoms with Crippen molar-refractivity contribution in [1.82, 2.24) is 9.88 Å². The van der Waals surface area contributed by atoms with Crippen LogP contribution in [0.4, 0.5) is 5.82 Å². The minimum Gasteiger partial charge on any atom is -0.356 e. The maximum absolute atomic E-state index is 4.56. The molecule has 0 spiro atoms. The molecule has 2 fully saturated rings. The maximum atomic E-state index is 4.56. The van der Waals surface area contributed by atoms with E-state index < -0.39 is 0 Å². The minimum absolute atomic E-state index is 0.809. The van der Waals surface area contributed by atoms with Gasteiger partial charge in [-0.15, -0.1) is 0 Å². The molecule has 0 aromatic carbocycles. The van der Waals surface area contributed by atoms with E-state index in [2.05, 4.69) is 42.8 Å². The molecular weight excluding hydrogens is 302 g/mol. The standard InChI is InChI=1S/C15H22BrN3/c16-14-5-4-6-15(17-14)19-11-7-13(8-12-19)18-9-2-1-3-10-18/h4-6,13H,1-3,7-12H2. The van der Waals surface area contributed by atoms with E-state index in [0.29, 0.717) is 0 Å². The van der Waals surface area contributed by atoms with Crippen molar-refractivity contribution >= 4 is 21.7 Å². The number of rotatable bonds is 2. The highest BCUT2D eigenvalue weighted by Gasteiger charge is 2.25. The first-order valence-corrected chi connectivity index (χ1v) is 8.24. The van der Waals surface area contributed by atoms with Gasteiger partial charge < -0.3 is 9.80 Å². The summed E-state index contributed by atoms with van der Waals surface area (Å²) in [6.07, 6.45) is 6.79. The van der Waals surface area contributed by atoms with E-state index in [4.69, 9.17) is 0 Å². The van der Waals surface area contributed by atoms with Gasteiger partial charge in [-0.05, 0) is 66.8 Å². The van der Waals surface area contributed by atoms with Crippen LogP contribution in [0, 0.1) is 0 Å². The number of anilines is 1. The Bertz CT molecular complexity index is 410. The monoisotopic (exact) mass is 323 g/mol. The third-order valence-electron chi connectivity index (χ3n) is 4.40. The van der Waals surface area contributed by atoms with Crippen molar-refractivity contribution in [2.75, 3.05) is 31.1 Å². The van der Waals surface area contributed by atoms with Crippen LogP contribution in [0.15, 0.2) is 22.8 Å². The van der Waals surface area contributed by atoms with Crippen molar-refractivity contribution in [3.05, 3.63) is 22.8 Å². The molecule has 2 aliphatic heterocycles. The van der Waals surface area contributed by atoms with Crippen LogP contribution in [0.25, 0.3) is 0 Å². The van der Waals surface area contributed by atoms with E-state index in [1.807, 2.05) is 6.07 Å². The fourth-order valence-electron chi connectivity index (χ4n) is 3.32. The highest BCUT2D eigenvalue weighted by Crippen LogP contribution is 2.24. The highest BCUT2D eigenvalue weighted by molar-refractivity contribution is 9.10. The number of aromatic nitrogens is 1. The lowest BCUT2D eigenvalue weighted by Crippen LogP contribution is -2.46. The van der Waals surface area contributed by atoms with Gasteiger partial charge in [0.05, 0.1) is 0 Å². The second-order valence-electron chi connectivity index (χ2n) is 5.63.